The summed E-state index contributed by atoms with van der Waals surface area (Å²) in [5.74, 6) is 1.55. The van der Waals surface area contributed by atoms with E-state index in [1.165, 1.54) is 0 Å². The van der Waals surface area contributed by atoms with Gasteiger partial charge in [-0.3, -0.25) is 4.79 Å². The van der Waals surface area contributed by atoms with Crippen LogP contribution in [0.4, 0.5) is 4.79 Å². The molecule has 7 nitrogen and oxygen atoms in total. The molecular weight excluding hydrogens is 358 g/mol. The van der Waals surface area contributed by atoms with Crippen LogP contribution in [0.3, 0.4) is 0 Å². The van der Waals surface area contributed by atoms with Crippen LogP contribution in [0.5, 0.6) is 0 Å². The molecule has 0 unspecified atom stereocenters. The quantitative estimate of drug-likeness (QED) is 0.448. The van der Waals surface area contributed by atoms with E-state index in [1.54, 1.807) is 24.3 Å². The Balaban J connectivity index is 2.52. The zero-order chi connectivity index (χ0) is 21.2. The van der Waals surface area contributed by atoms with Crippen molar-refractivity contribution in [3.05, 3.63) is 35.4 Å². The molecule has 3 amide bonds. The van der Waals surface area contributed by atoms with E-state index in [0.29, 0.717) is 24.9 Å². The summed E-state index contributed by atoms with van der Waals surface area (Å²) in [6.07, 6.45) is 6.68. The fraction of sp³-hybridized carbons (Fsp3) is 0.476. The Bertz CT molecular complexity index is 716. The number of terminal acetylenes is 1. The molecule has 1 rings (SSSR count). The number of rotatable bonds is 9. The van der Waals surface area contributed by atoms with Gasteiger partial charge in [0.1, 0.15) is 5.54 Å². The third kappa shape index (κ3) is 7.31. The molecule has 0 aliphatic rings. The molecule has 0 bridgehead atoms. The van der Waals surface area contributed by atoms with Crippen LogP contribution < -0.4 is 16.0 Å². The molecule has 1 aromatic carbocycles. The number of benzene rings is 1. The molecule has 0 atom stereocenters. The van der Waals surface area contributed by atoms with E-state index in [2.05, 4.69) is 21.9 Å². The SMILES string of the molecule is C#CC(CC)(CC)NC(=O)COC(=O)c1ccc(CNC(=O)NC(C)C)cc1. The van der Waals surface area contributed by atoms with Gasteiger partial charge in [-0.05, 0) is 44.4 Å². The summed E-state index contributed by atoms with van der Waals surface area (Å²) in [6, 6.07) is 6.39. The summed E-state index contributed by atoms with van der Waals surface area (Å²) >= 11 is 0. The number of esters is 1. The molecule has 152 valence electrons. The van der Waals surface area contributed by atoms with E-state index in [-0.39, 0.29) is 12.1 Å². The monoisotopic (exact) mass is 387 g/mol. The maximum atomic E-state index is 12.1. The topological polar surface area (TPSA) is 96.5 Å². The van der Waals surface area contributed by atoms with Gasteiger partial charge >= 0.3 is 12.0 Å². The number of ether oxygens (including phenoxy) is 1. The number of carbonyl (C=O) groups is 3. The van der Waals surface area contributed by atoms with Gasteiger partial charge in [0.15, 0.2) is 6.61 Å². The van der Waals surface area contributed by atoms with Crippen molar-refractivity contribution in [2.24, 2.45) is 0 Å². The van der Waals surface area contributed by atoms with E-state index in [9.17, 15) is 14.4 Å². The second-order valence-electron chi connectivity index (χ2n) is 6.74. The minimum absolute atomic E-state index is 0.0507. The standard InChI is InChI=1S/C21H29N3O4/c1-6-21(7-2,8-3)24-18(25)14-28-19(26)17-11-9-16(10-12-17)13-22-20(27)23-15(4)5/h1,9-12,15H,7-8,13-14H2,2-5H3,(H,24,25)(H2,22,23,27). The van der Waals surface area contributed by atoms with Crippen LogP contribution in [-0.4, -0.2) is 36.1 Å². The van der Waals surface area contributed by atoms with Crippen molar-refractivity contribution in [3.63, 3.8) is 0 Å². The summed E-state index contributed by atoms with van der Waals surface area (Å²) in [5, 5.41) is 8.18. The summed E-state index contributed by atoms with van der Waals surface area (Å²) < 4.78 is 5.05. The smallest absolute Gasteiger partial charge is 0.338 e. The maximum Gasteiger partial charge on any atom is 0.338 e. The second-order valence-corrected chi connectivity index (χ2v) is 6.74. The van der Waals surface area contributed by atoms with Crippen molar-refractivity contribution in [1.29, 1.82) is 0 Å². The largest absolute Gasteiger partial charge is 0.452 e. The van der Waals surface area contributed by atoms with Crippen molar-refractivity contribution in [2.75, 3.05) is 6.61 Å². The maximum absolute atomic E-state index is 12.1. The lowest BCUT2D eigenvalue weighted by Crippen LogP contribution is -2.48. The Labute approximate surface area is 166 Å². The van der Waals surface area contributed by atoms with Gasteiger partial charge < -0.3 is 20.7 Å². The van der Waals surface area contributed by atoms with E-state index >= 15 is 0 Å². The van der Waals surface area contributed by atoms with E-state index in [0.717, 1.165) is 5.56 Å². The van der Waals surface area contributed by atoms with Gasteiger partial charge in [0.05, 0.1) is 5.56 Å². The van der Waals surface area contributed by atoms with E-state index in [1.807, 2.05) is 27.7 Å². The average Bonchev–Trinajstić information content (AvgIpc) is 2.68. The minimum atomic E-state index is -0.722. The van der Waals surface area contributed by atoms with Gasteiger partial charge in [0, 0.05) is 12.6 Å². The molecule has 0 aliphatic carbocycles. The molecule has 7 heteroatoms. The Morgan fingerprint density at radius 3 is 2.25 bits per heavy atom. The van der Waals surface area contributed by atoms with Crippen LogP contribution in [0, 0.1) is 12.3 Å². The number of urea groups is 1. The normalized spacial score (nSPS) is 10.7. The third-order valence-corrected chi connectivity index (χ3v) is 4.26. The van der Waals surface area contributed by atoms with E-state index in [4.69, 9.17) is 11.2 Å². The van der Waals surface area contributed by atoms with E-state index < -0.39 is 24.0 Å². The van der Waals surface area contributed by atoms with Crippen LogP contribution in [0.15, 0.2) is 24.3 Å². The predicted molar refractivity (Wildman–Crippen MR) is 108 cm³/mol. The van der Waals surface area contributed by atoms with Crippen LogP contribution in [0.25, 0.3) is 0 Å². The highest BCUT2D eigenvalue weighted by Gasteiger charge is 2.25. The molecular formula is C21H29N3O4. The molecule has 0 aromatic heterocycles. The first kappa shape index (κ1) is 23.0. The van der Waals surface area contributed by atoms with Gasteiger partial charge in [0.25, 0.3) is 5.91 Å². The summed E-state index contributed by atoms with van der Waals surface area (Å²) in [4.78, 5) is 35.7. The highest BCUT2D eigenvalue weighted by molar-refractivity contribution is 5.91. The first-order valence-corrected chi connectivity index (χ1v) is 9.34. The van der Waals surface area contributed by atoms with Gasteiger partial charge in [-0.2, -0.15) is 0 Å². The van der Waals surface area contributed by atoms with Crippen LogP contribution in [0.2, 0.25) is 0 Å². The number of amides is 3. The van der Waals surface area contributed by atoms with Crippen molar-refractivity contribution in [3.8, 4) is 12.3 Å². The third-order valence-electron chi connectivity index (χ3n) is 4.26. The fourth-order valence-electron chi connectivity index (χ4n) is 2.44. The van der Waals surface area contributed by atoms with Gasteiger partial charge in [-0.15, -0.1) is 6.42 Å². The number of carbonyl (C=O) groups excluding carboxylic acids is 3. The van der Waals surface area contributed by atoms with Gasteiger partial charge in [0.2, 0.25) is 0 Å². The van der Waals surface area contributed by atoms with Crippen molar-refractivity contribution >= 4 is 17.9 Å². The highest BCUT2D eigenvalue weighted by Crippen LogP contribution is 2.13. The summed E-state index contributed by atoms with van der Waals surface area (Å²) in [5.41, 5.74) is 0.426. The van der Waals surface area contributed by atoms with Crippen LogP contribution >= 0.6 is 0 Å². The summed E-state index contributed by atoms with van der Waals surface area (Å²) in [6.45, 7) is 7.45. The predicted octanol–water partition coefficient (Wildman–Crippen LogP) is 2.36. The lowest BCUT2D eigenvalue weighted by Gasteiger charge is -2.26. The molecule has 0 spiro atoms. The van der Waals surface area contributed by atoms with Gasteiger partial charge in [-0.1, -0.05) is 31.9 Å². The second kappa shape index (κ2) is 11.0. The fourth-order valence-corrected chi connectivity index (χ4v) is 2.44. The molecule has 0 heterocycles. The Morgan fingerprint density at radius 2 is 1.75 bits per heavy atom. The lowest BCUT2D eigenvalue weighted by atomic mass is 9.94. The molecule has 1 aromatic rings. The molecule has 0 fully saturated rings. The number of hydrogen-bond donors (Lipinski definition) is 3. The zero-order valence-electron chi connectivity index (χ0n) is 16.9. The highest BCUT2D eigenvalue weighted by atomic mass is 16.5. The molecule has 0 saturated carbocycles. The van der Waals surface area contributed by atoms with Gasteiger partial charge in [-0.25, -0.2) is 9.59 Å². The zero-order valence-corrected chi connectivity index (χ0v) is 16.9. The molecule has 0 radical (unpaired) electrons. The first-order chi connectivity index (χ1) is 13.2. The number of hydrogen-bond acceptors (Lipinski definition) is 4. The Hall–Kier alpha value is -3.01. The molecule has 28 heavy (non-hydrogen) atoms. The molecule has 0 aliphatic heterocycles. The average molecular weight is 387 g/mol. The molecule has 3 N–H and O–H groups in total. The first-order valence-electron chi connectivity index (χ1n) is 9.34. The summed E-state index contributed by atoms with van der Waals surface area (Å²) in [7, 11) is 0. The van der Waals surface area contributed by atoms with Crippen molar-refractivity contribution in [1.82, 2.24) is 16.0 Å². The number of nitrogens with one attached hydrogen (secondary N) is 3. The lowest BCUT2D eigenvalue weighted by molar-refractivity contribution is -0.125. The van der Waals surface area contributed by atoms with Crippen LogP contribution in [0.1, 0.15) is 56.5 Å². The van der Waals surface area contributed by atoms with Crippen LogP contribution in [-0.2, 0) is 16.1 Å². The molecule has 0 saturated heterocycles. The Morgan fingerprint density at radius 1 is 1.14 bits per heavy atom. The Kier molecular flexibility index (Phi) is 9.03. The minimum Gasteiger partial charge on any atom is -0.452 e. The van der Waals surface area contributed by atoms with Crippen molar-refractivity contribution in [2.45, 2.75) is 58.7 Å². The van der Waals surface area contributed by atoms with Crippen molar-refractivity contribution < 1.29 is 19.1 Å².